The number of rotatable bonds is 5. The van der Waals surface area contributed by atoms with Crippen LogP contribution in [-0.4, -0.2) is 12.3 Å². The molecule has 0 unspecified atom stereocenters. The molecule has 6 rings (SSSR count). The molecule has 0 N–H and O–H groups in total. The Kier molecular flexibility index (Phi) is 7.18. The quantitative estimate of drug-likeness (QED) is 0.143. The molecule has 228 valence electrons. The van der Waals surface area contributed by atoms with Crippen LogP contribution in [0.3, 0.4) is 0 Å². The molecule has 10 heteroatoms. The van der Waals surface area contributed by atoms with Gasteiger partial charge in [0.2, 0.25) is 6.41 Å². The first kappa shape index (κ1) is 29.9. The number of imide groups is 1. The summed E-state index contributed by atoms with van der Waals surface area (Å²) in [5.74, 6) is -0.0721. The smallest absolute Gasteiger partial charge is 0.416 e. The standard InChI is InChI=1S/C35H23F6NO3/c1-3-20-8-10-24(11-9-20)42(18-43)33(44)26-12-13-29-32-30(26)19(2)14-27(31(32)25-6-4-5-7-28(25)45-29)21-15-22(34(36,37)38)17-23(16-21)35(39,40)41/h4-18H,3H2,1-2H3. The zero-order chi connectivity index (χ0) is 32.3. The van der Waals surface area contributed by atoms with Gasteiger partial charge >= 0.3 is 12.4 Å². The van der Waals surface area contributed by atoms with Crippen molar-refractivity contribution in [1.29, 1.82) is 0 Å². The second-order valence-corrected chi connectivity index (χ2v) is 10.7. The summed E-state index contributed by atoms with van der Waals surface area (Å²) in [6.07, 6.45) is -8.94. The van der Waals surface area contributed by atoms with E-state index in [0.717, 1.165) is 16.9 Å². The minimum atomic E-state index is -5.04. The summed E-state index contributed by atoms with van der Waals surface area (Å²) < 4.78 is 89.3. The number of anilines is 1. The Morgan fingerprint density at radius 3 is 2.02 bits per heavy atom. The molecule has 0 saturated carbocycles. The van der Waals surface area contributed by atoms with Crippen LogP contribution in [0.5, 0.6) is 11.5 Å². The first-order chi connectivity index (χ1) is 21.3. The summed E-state index contributed by atoms with van der Waals surface area (Å²) in [6.45, 7) is 3.57. The third kappa shape index (κ3) is 5.20. The van der Waals surface area contributed by atoms with Crippen molar-refractivity contribution in [2.45, 2.75) is 32.6 Å². The Bertz CT molecular complexity index is 1960. The molecule has 2 amide bonds. The van der Waals surface area contributed by atoms with E-state index in [1.807, 2.05) is 6.92 Å². The summed E-state index contributed by atoms with van der Waals surface area (Å²) >= 11 is 0. The van der Waals surface area contributed by atoms with Gasteiger partial charge in [-0.1, -0.05) is 43.3 Å². The summed E-state index contributed by atoms with van der Waals surface area (Å²) in [4.78, 5) is 27.1. The predicted octanol–water partition coefficient (Wildman–Crippen LogP) is 9.99. The van der Waals surface area contributed by atoms with E-state index < -0.39 is 29.4 Å². The molecule has 0 aromatic heterocycles. The van der Waals surface area contributed by atoms with Crippen LogP contribution < -0.4 is 9.64 Å². The minimum Gasteiger partial charge on any atom is -0.456 e. The number of hydrogen-bond donors (Lipinski definition) is 0. The third-order valence-electron chi connectivity index (χ3n) is 7.89. The Morgan fingerprint density at radius 2 is 1.42 bits per heavy atom. The summed E-state index contributed by atoms with van der Waals surface area (Å²) in [7, 11) is 0. The average Bonchev–Trinajstić information content (AvgIpc) is 3.01. The number of aryl methyl sites for hydroxylation is 2. The van der Waals surface area contributed by atoms with Crippen molar-refractivity contribution >= 4 is 28.8 Å². The van der Waals surface area contributed by atoms with Crippen molar-refractivity contribution in [3.63, 3.8) is 0 Å². The first-order valence-electron chi connectivity index (χ1n) is 13.9. The van der Waals surface area contributed by atoms with E-state index in [-0.39, 0.29) is 28.5 Å². The number of carbonyl (C=O) groups is 2. The van der Waals surface area contributed by atoms with Crippen LogP contribution in [-0.2, 0) is 23.6 Å². The minimum absolute atomic E-state index is 0.0866. The van der Waals surface area contributed by atoms with Gasteiger partial charge in [-0.2, -0.15) is 26.3 Å². The maximum atomic E-state index is 13.9. The molecule has 4 nitrogen and oxygen atoms in total. The number of amides is 2. The number of hydrogen-bond acceptors (Lipinski definition) is 3. The Balaban J connectivity index is 1.65. The SMILES string of the molecule is CCc1ccc(N(C=O)C(=O)c2ccc3c4c(c(-c5cc(C(F)(F)F)cc(C(F)(F)F)c5)cc(C)c24)-c2ccccc2O3)cc1. The number of para-hydroxylation sites is 1. The van der Waals surface area contributed by atoms with Gasteiger partial charge in [0.1, 0.15) is 11.5 Å². The largest absolute Gasteiger partial charge is 0.456 e. The van der Waals surface area contributed by atoms with Gasteiger partial charge in [0.25, 0.3) is 5.91 Å². The van der Waals surface area contributed by atoms with Crippen LogP contribution >= 0.6 is 0 Å². The number of benzene rings is 5. The van der Waals surface area contributed by atoms with Gasteiger partial charge in [-0.3, -0.25) is 9.59 Å². The average molecular weight is 620 g/mol. The predicted molar refractivity (Wildman–Crippen MR) is 158 cm³/mol. The highest BCUT2D eigenvalue weighted by Crippen LogP contribution is 2.53. The lowest BCUT2D eigenvalue weighted by atomic mass is 9.83. The number of ether oxygens (including phenoxy) is 1. The second-order valence-electron chi connectivity index (χ2n) is 10.7. The fourth-order valence-corrected chi connectivity index (χ4v) is 5.75. The van der Waals surface area contributed by atoms with Gasteiger partial charge in [0.15, 0.2) is 0 Å². The highest BCUT2D eigenvalue weighted by atomic mass is 19.4. The molecule has 0 bridgehead atoms. The Hall–Kier alpha value is -5.12. The summed E-state index contributed by atoms with van der Waals surface area (Å²) in [5, 5.41) is 0.679. The molecule has 0 atom stereocenters. The van der Waals surface area contributed by atoms with E-state index in [9.17, 15) is 35.9 Å². The van der Waals surface area contributed by atoms with E-state index in [1.165, 1.54) is 18.2 Å². The van der Waals surface area contributed by atoms with E-state index in [4.69, 9.17) is 4.74 Å². The fourth-order valence-electron chi connectivity index (χ4n) is 5.75. The van der Waals surface area contributed by atoms with Gasteiger partial charge < -0.3 is 4.74 Å². The first-order valence-corrected chi connectivity index (χ1v) is 13.9. The molecule has 0 radical (unpaired) electrons. The number of carbonyl (C=O) groups excluding carboxylic acids is 2. The molecule has 1 aliphatic rings. The summed E-state index contributed by atoms with van der Waals surface area (Å²) in [6, 6.07) is 19.4. The van der Waals surface area contributed by atoms with Crippen LogP contribution in [0.2, 0.25) is 0 Å². The molecule has 5 aromatic rings. The second kappa shape index (κ2) is 10.8. The molecular formula is C35H23F6NO3. The Labute approximate surface area is 253 Å². The van der Waals surface area contributed by atoms with Crippen molar-refractivity contribution in [3.8, 4) is 33.8 Å². The zero-order valence-electron chi connectivity index (χ0n) is 23.8. The number of halogens is 6. The number of alkyl halides is 6. The highest BCUT2D eigenvalue weighted by molar-refractivity contribution is 6.24. The van der Waals surface area contributed by atoms with E-state index in [2.05, 4.69) is 0 Å². The molecule has 1 aliphatic heterocycles. The molecule has 1 heterocycles. The Morgan fingerprint density at radius 1 is 0.778 bits per heavy atom. The zero-order valence-corrected chi connectivity index (χ0v) is 23.8. The van der Waals surface area contributed by atoms with Crippen molar-refractivity contribution < 1.29 is 40.7 Å². The molecule has 45 heavy (non-hydrogen) atoms. The van der Waals surface area contributed by atoms with Crippen LogP contribution in [0, 0.1) is 6.92 Å². The van der Waals surface area contributed by atoms with E-state index in [1.54, 1.807) is 55.5 Å². The third-order valence-corrected chi connectivity index (χ3v) is 7.89. The lowest BCUT2D eigenvalue weighted by Gasteiger charge is -2.27. The monoisotopic (exact) mass is 619 g/mol. The fraction of sp³-hybridized carbons (Fsp3) is 0.143. The van der Waals surface area contributed by atoms with Crippen LogP contribution in [0.15, 0.2) is 84.9 Å². The number of nitrogens with zero attached hydrogens (tertiary/aromatic N) is 1. The van der Waals surface area contributed by atoms with Crippen LogP contribution in [0.1, 0.15) is 39.5 Å². The van der Waals surface area contributed by atoms with Gasteiger partial charge in [-0.05, 0) is 84.1 Å². The van der Waals surface area contributed by atoms with Crippen LogP contribution in [0.25, 0.3) is 33.0 Å². The van der Waals surface area contributed by atoms with Gasteiger partial charge in [0.05, 0.1) is 16.8 Å². The molecule has 0 fully saturated rings. The lowest BCUT2D eigenvalue weighted by molar-refractivity contribution is -0.143. The molecule has 0 spiro atoms. The van der Waals surface area contributed by atoms with Gasteiger partial charge in [-0.15, -0.1) is 0 Å². The van der Waals surface area contributed by atoms with E-state index in [0.29, 0.717) is 57.4 Å². The molecular weight excluding hydrogens is 596 g/mol. The van der Waals surface area contributed by atoms with Crippen molar-refractivity contribution in [2.24, 2.45) is 0 Å². The summed E-state index contributed by atoms with van der Waals surface area (Å²) in [5.41, 5.74) is -0.554. The number of fused-ring (bicyclic) bond motifs is 2. The van der Waals surface area contributed by atoms with Gasteiger partial charge in [0, 0.05) is 27.5 Å². The van der Waals surface area contributed by atoms with Gasteiger partial charge in [-0.25, -0.2) is 4.90 Å². The van der Waals surface area contributed by atoms with Crippen molar-refractivity contribution in [2.75, 3.05) is 4.90 Å². The van der Waals surface area contributed by atoms with Crippen molar-refractivity contribution in [1.82, 2.24) is 0 Å². The molecule has 5 aromatic carbocycles. The lowest BCUT2D eigenvalue weighted by Crippen LogP contribution is -2.29. The van der Waals surface area contributed by atoms with Crippen LogP contribution in [0.4, 0.5) is 32.0 Å². The van der Waals surface area contributed by atoms with Crippen molar-refractivity contribution in [3.05, 3.63) is 113 Å². The maximum Gasteiger partial charge on any atom is 0.416 e. The maximum absolute atomic E-state index is 13.9. The van der Waals surface area contributed by atoms with E-state index >= 15 is 0 Å². The molecule has 0 aliphatic carbocycles. The normalized spacial score (nSPS) is 12.4. The topological polar surface area (TPSA) is 46.6 Å². The molecule has 0 saturated heterocycles. The highest BCUT2D eigenvalue weighted by Gasteiger charge is 2.38.